The molecule has 0 amide bonds. The zero-order chi connectivity index (χ0) is 15.7. The van der Waals surface area contributed by atoms with Crippen molar-refractivity contribution in [3.05, 3.63) is 68.2 Å². The summed E-state index contributed by atoms with van der Waals surface area (Å²) in [5.41, 5.74) is 9.58. The third-order valence-corrected chi connectivity index (χ3v) is 5.09. The van der Waals surface area contributed by atoms with Gasteiger partial charge in [0, 0.05) is 5.02 Å². The maximum Gasteiger partial charge on any atom is 0.0579 e. The molecule has 1 nitrogen and oxygen atoms in total. The zero-order valence-corrected chi connectivity index (χ0v) is 14.5. The summed E-state index contributed by atoms with van der Waals surface area (Å²) in [6.45, 7) is 11.1. The van der Waals surface area contributed by atoms with Crippen LogP contribution in [-0.4, -0.2) is 7.05 Å². The van der Waals surface area contributed by atoms with Crippen LogP contribution in [0.5, 0.6) is 0 Å². The molecule has 0 spiro atoms. The van der Waals surface area contributed by atoms with Gasteiger partial charge in [-0.15, -0.1) is 0 Å². The normalized spacial score (nSPS) is 12.5. The van der Waals surface area contributed by atoms with E-state index in [1.165, 1.54) is 38.9 Å². The molecule has 2 heteroatoms. The summed E-state index contributed by atoms with van der Waals surface area (Å²) in [4.78, 5) is 0. The van der Waals surface area contributed by atoms with Crippen molar-refractivity contribution in [3.8, 4) is 0 Å². The highest BCUT2D eigenvalue weighted by Gasteiger charge is 2.20. The molecule has 0 fully saturated rings. The van der Waals surface area contributed by atoms with Crippen LogP contribution in [0.4, 0.5) is 0 Å². The van der Waals surface area contributed by atoms with Gasteiger partial charge in [-0.2, -0.15) is 0 Å². The van der Waals surface area contributed by atoms with E-state index >= 15 is 0 Å². The Morgan fingerprint density at radius 3 is 1.62 bits per heavy atom. The highest BCUT2D eigenvalue weighted by Crippen LogP contribution is 2.33. The maximum absolute atomic E-state index is 6.02. The predicted molar refractivity (Wildman–Crippen MR) is 92.5 cm³/mol. The smallest absolute Gasteiger partial charge is 0.0579 e. The van der Waals surface area contributed by atoms with Gasteiger partial charge in [-0.1, -0.05) is 23.7 Å². The first kappa shape index (κ1) is 16.1. The summed E-state index contributed by atoms with van der Waals surface area (Å²) in [7, 11) is 2.02. The molecule has 0 saturated carbocycles. The topological polar surface area (TPSA) is 12.0 Å². The van der Waals surface area contributed by atoms with E-state index in [2.05, 4.69) is 52.1 Å². The van der Waals surface area contributed by atoms with Gasteiger partial charge >= 0.3 is 0 Å². The first-order valence-corrected chi connectivity index (χ1v) is 7.75. The third kappa shape index (κ3) is 2.86. The number of benzene rings is 2. The van der Waals surface area contributed by atoms with Gasteiger partial charge in [0.25, 0.3) is 0 Å². The maximum atomic E-state index is 6.02. The molecule has 1 unspecified atom stereocenters. The quantitative estimate of drug-likeness (QED) is 0.822. The van der Waals surface area contributed by atoms with Gasteiger partial charge in [0.15, 0.2) is 0 Å². The van der Waals surface area contributed by atoms with Crippen LogP contribution in [0.15, 0.2) is 24.3 Å². The van der Waals surface area contributed by atoms with Gasteiger partial charge in [0.2, 0.25) is 0 Å². The van der Waals surface area contributed by atoms with Crippen LogP contribution in [0.2, 0.25) is 5.02 Å². The van der Waals surface area contributed by atoms with Gasteiger partial charge in [0.1, 0.15) is 0 Å². The molecular formula is C19H24ClN. The van der Waals surface area contributed by atoms with Crippen LogP contribution < -0.4 is 5.32 Å². The van der Waals surface area contributed by atoms with E-state index in [-0.39, 0.29) is 6.04 Å². The molecular weight excluding hydrogens is 278 g/mol. The Morgan fingerprint density at radius 2 is 1.19 bits per heavy atom. The molecule has 1 atom stereocenters. The molecule has 21 heavy (non-hydrogen) atoms. The fourth-order valence-corrected chi connectivity index (χ4v) is 3.22. The first-order chi connectivity index (χ1) is 9.88. The van der Waals surface area contributed by atoms with Crippen molar-refractivity contribution in [2.75, 3.05) is 7.05 Å². The number of hydrogen-bond acceptors (Lipinski definition) is 1. The first-order valence-electron chi connectivity index (χ1n) is 7.38. The largest absolute Gasteiger partial charge is 0.309 e. The summed E-state index contributed by atoms with van der Waals surface area (Å²) < 4.78 is 0. The summed E-state index contributed by atoms with van der Waals surface area (Å²) in [5, 5.41) is 4.24. The second kappa shape index (κ2) is 6.21. The van der Waals surface area contributed by atoms with Crippen molar-refractivity contribution in [2.45, 2.75) is 40.7 Å². The molecule has 0 aliphatic rings. The molecule has 2 aromatic rings. The van der Waals surface area contributed by atoms with Crippen molar-refractivity contribution in [1.29, 1.82) is 0 Å². The van der Waals surface area contributed by atoms with Gasteiger partial charge in [-0.3, -0.25) is 0 Å². The Labute approximate surface area is 133 Å². The van der Waals surface area contributed by atoms with Crippen molar-refractivity contribution in [1.82, 2.24) is 5.32 Å². The van der Waals surface area contributed by atoms with Crippen molar-refractivity contribution >= 4 is 11.6 Å². The van der Waals surface area contributed by atoms with E-state index < -0.39 is 0 Å². The molecule has 2 aromatic carbocycles. The Balaban J connectivity index is 2.65. The standard InChI is InChI=1S/C19H24ClN/c1-11-12(2)14(4)18(15(5)13(11)3)19(21-6)16-7-9-17(20)10-8-16/h7-10,19,21H,1-6H3. The van der Waals surface area contributed by atoms with E-state index in [4.69, 9.17) is 11.6 Å². The van der Waals surface area contributed by atoms with Crippen LogP contribution >= 0.6 is 11.6 Å². The highest BCUT2D eigenvalue weighted by atomic mass is 35.5. The molecule has 0 heterocycles. The van der Waals surface area contributed by atoms with Crippen molar-refractivity contribution in [3.63, 3.8) is 0 Å². The monoisotopic (exact) mass is 301 g/mol. The molecule has 0 saturated heterocycles. The average molecular weight is 302 g/mol. The van der Waals surface area contributed by atoms with E-state index in [9.17, 15) is 0 Å². The van der Waals surface area contributed by atoms with E-state index in [1.54, 1.807) is 0 Å². The minimum atomic E-state index is 0.195. The molecule has 0 aliphatic heterocycles. The molecule has 0 aromatic heterocycles. The average Bonchev–Trinajstić information content (AvgIpc) is 2.49. The second-order valence-electron chi connectivity index (χ2n) is 5.81. The second-order valence-corrected chi connectivity index (χ2v) is 6.25. The molecule has 0 radical (unpaired) electrons. The van der Waals surface area contributed by atoms with E-state index in [0.717, 1.165) is 5.02 Å². The lowest BCUT2D eigenvalue weighted by atomic mass is 9.84. The fourth-order valence-electron chi connectivity index (χ4n) is 3.09. The minimum Gasteiger partial charge on any atom is -0.309 e. The van der Waals surface area contributed by atoms with Crippen LogP contribution in [0.1, 0.15) is 45.0 Å². The molecule has 0 bridgehead atoms. The van der Waals surface area contributed by atoms with Gasteiger partial charge < -0.3 is 5.32 Å². The molecule has 2 rings (SSSR count). The Bertz CT molecular complexity index is 627. The lowest BCUT2D eigenvalue weighted by Crippen LogP contribution is -2.21. The number of hydrogen-bond donors (Lipinski definition) is 1. The van der Waals surface area contributed by atoms with Crippen LogP contribution in [0.25, 0.3) is 0 Å². The molecule has 0 aliphatic carbocycles. The number of halogens is 1. The van der Waals surface area contributed by atoms with E-state index in [1.807, 2.05) is 19.2 Å². The Morgan fingerprint density at radius 1 is 0.762 bits per heavy atom. The van der Waals surface area contributed by atoms with Gasteiger partial charge in [0.05, 0.1) is 6.04 Å². The molecule has 1 N–H and O–H groups in total. The van der Waals surface area contributed by atoms with Gasteiger partial charge in [-0.05, 0) is 92.7 Å². The number of rotatable bonds is 3. The van der Waals surface area contributed by atoms with E-state index in [0.29, 0.717) is 0 Å². The summed E-state index contributed by atoms with van der Waals surface area (Å²) in [6.07, 6.45) is 0. The lowest BCUT2D eigenvalue weighted by molar-refractivity contribution is 0.680. The van der Waals surface area contributed by atoms with Crippen LogP contribution in [0, 0.1) is 34.6 Å². The third-order valence-electron chi connectivity index (χ3n) is 4.84. The highest BCUT2D eigenvalue weighted by molar-refractivity contribution is 6.30. The Kier molecular flexibility index (Phi) is 4.75. The molecule has 112 valence electrons. The SMILES string of the molecule is CNC(c1ccc(Cl)cc1)c1c(C)c(C)c(C)c(C)c1C. The zero-order valence-electron chi connectivity index (χ0n) is 13.8. The van der Waals surface area contributed by atoms with Crippen LogP contribution in [-0.2, 0) is 0 Å². The van der Waals surface area contributed by atoms with Crippen molar-refractivity contribution in [2.24, 2.45) is 0 Å². The summed E-state index contributed by atoms with van der Waals surface area (Å²) in [6, 6.07) is 8.32. The number of nitrogens with one attached hydrogen (secondary N) is 1. The Hall–Kier alpha value is -1.31. The fraction of sp³-hybridized carbons (Fsp3) is 0.368. The minimum absolute atomic E-state index is 0.195. The van der Waals surface area contributed by atoms with Crippen molar-refractivity contribution < 1.29 is 0 Å². The summed E-state index contributed by atoms with van der Waals surface area (Å²) >= 11 is 6.02. The summed E-state index contributed by atoms with van der Waals surface area (Å²) in [5.74, 6) is 0. The predicted octanol–water partition coefficient (Wildman–Crippen LogP) is 5.19. The van der Waals surface area contributed by atoms with Gasteiger partial charge in [-0.25, -0.2) is 0 Å². The lowest BCUT2D eigenvalue weighted by Gasteiger charge is -2.26. The van der Waals surface area contributed by atoms with Crippen LogP contribution in [0.3, 0.4) is 0 Å².